The number of H-pyrrole nitrogens is 1. The van der Waals surface area contributed by atoms with Crippen molar-refractivity contribution in [2.75, 3.05) is 7.05 Å². The molecular formula is C16H15N5O2. The molecule has 2 heterocycles. The number of nitrogens with two attached hydrogens (primary N) is 1. The highest BCUT2D eigenvalue weighted by molar-refractivity contribution is 6.06. The molecule has 0 saturated heterocycles. The lowest BCUT2D eigenvalue weighted by atomic mass is 10.2. The van der Waals surface area contributed by atoms with Crippen LogP contribution in [0, 0.1) is 5.41 Å². The Kier molecular flexibility index (Phi) is 3.68. The zero-order valence-electron chi connectivity index (χ0n) is 12.4. The smallest absolute Gasteiger partial charge is 0.276 e. The minimum absolute atomic E-state index is 0.321. The number of fused-ring (bicyclic) bond motifs is 1. The van der Waals surface area contributed by atoms with Gasteiger partial charge in [-0.15, -0.1) is 0 Å². The molecule has 0 radical (unpaired) electrons. The van der Waals surface area contributed by atoms with E-state index in [0.29, 0.717) is 22.8 Å². The van der Waals surface area contributed by atoms with E-state index >= 15 is 0 Å². The lowest BCUT2D eigenvalue weighted by Gasteiger charge is -2.12. The van der Waals surface area contributed by atoms with Gasteiger partial charge in [-0.1, -0.05) is 18.2 Å². The number of nitrogens with one attached hydrogen (secondary N) is 2. The third-order valence-electron chi connectivity index (χ3n) is 3.37. The summed E-state index contributed by atoms with van der Waals surface area (Å²) < 4.78 is 5.76. The second-order valence-electron chi connectivity index (χ2n) is 4.92. The first-order valence-electron chi connectivity index (χ1n) is 6.89. The monoisotopic (exact) mass is 309 g/mol. The molecule has 2 aromatic heterocycles. The van der Waals surface area contributed by atoms with E-state index < -0.39 is 5.91 Å². The number of pyridine rings is 1. The highest BCUT2D eigenvalue weighted by Gasteiger charge is 2.17. The normalized spacial score (nSPS) is 10.5. The van der Waals surface area contributed by atoms with Crippen molar-refractivity contribution in [3.63, 3.8) is 0 Å². The standard InChI is InChI=1S/C16H15N5O2/c1-21(16(17)18)15(22)11-9-10-5-4-6-12(14(10)20-11)23-13-7-2-3-8-19-13/h2-9,20H,1H3,(H3,17,18). The number of amides is 1. The average Bonchev–Trinajstić information content (AvgIpc) is 2.99. The number of ether oxygens (including phenoxy) is 1. The molecule has 0 spiro atoms. The maximum atomic E-state index is 12.2. The van der Waals surface area contributed by atoms with E-state index in [0.717, 1.165) is 10.3 Å². The van der Waals surface area contributed by atoms with Gasteiger partial charge >= 0.3 is 0 Å². The quantitative estimate of drug-likeness (QED) is 0.509. The molecule has 116 valence electrons. The van der Waals surface area contributed by atoms with Crippen LogP contribution in [0.4, 0.5) is 0 Å². The molecule has 0 atom stereocenters. The maximum absolute atomic E-state index is 12.2. The Morgan fingerprint density at radius 2 is 2.13 bits per heavy atom. The summed E-state index contributed by atoms with van der Waals surface area (Å²) in [5.74, 6) is 0.310. The van der Waals surface area contributed by atoms with Crippen molar-refractivity contribution >= 4 is 22.8 Å². The van der Waals surface area contributed by atoms with E-state index in [2.05, 4.69) is 9.97 Å². The van der Waals surface area contributed by atoms with Gasteiger partial charge in [-0.3, -0.25) is 15.1 Å². The Bertz CT molecular complexity index is 873. The lowest BCUT2D eigenvalue weighted by molar-refractivity contribution is 0.0864. The third-order valence-corrected chi connectivity index (χ3v) is 3.37. The summed E-state index contributed by atoms with van der Waals surface area (Å²) in [6.07, 6.45) is 1.64. The van der Waals surface area contributed by atoms with Crippen LogP contribution in [0.5, 0.6) is 11.6 Å². The molecule has 0 bridgehead atoms. The van der Waals surface area contributed by atoms with Crippen LogP contribution >= 0.6 is 0 Å². The fourth-order valence-corrected chi connectivity index (χ4v) is 2.14. The predicted molar refractivity (Wildman–Crippen MR) is 86.6 cm³/mol. The molecule has 7 nitrogen and oxygen atoms in total. The van der Waals surface area contributed by atoms with E-state index in [4.69, 9.17) is 15.9 Å². The Morgan fingerprint density at radius 1 is 1.30 bits per heavy atom. The van der Waals surface area contributed by atoms with Crippen LogP contribution in [-0.4, -0.2) is 33.8 Å². The van der Waals surface area contributed by atoms with Crippen LogP contribution in [0.2, 0.25) is 0 Å². The number of hydrogen-bond donors (Lipinski definition) is 3. The number of carbonyl (C=O) groups excluding carboxylic acids is 1. The summed E-state index contributed by atoms with van der Waals surface area (Å²) in [4.78, 5) is 20.4. The minimum Gasteiger partial charge on any atom is -0.437 e. The van der Waals surface area contributed by atoms with Gasteiger partial charge < -0.3 is 15.5 Å². The highest BCUT2D eigenvalue weighted by Crippen LogP contribution is 2.29. The molecule has 4 N–H and O–H groups in total. The second-order valence-corrected chi connectivity index (χ2v) is 4.92. The Hall–Kier alpha value is -3.35. The zero-order valence-corrected chi connectivity index (χ0v) is 12.4. The van der Waals surface area contributed by atoms with Crippen LogP contribution in [0.15, 0.2) is 48.7 Å². The maximum Gasteiger partial charge on any atom is 0.276 e. The summed E-state index contributed by atoms with van der Waals surface area (Å²) >= 11 is 0. The highest BCUT2D eigenvalue weighted by atomic mass is 16.5. The van der Waals surface area contributed by atoms with E-state index in [1.54, 1.807) is 30.5 Å². The van der Waals surface area contributed by atoms with E-state index in [-0.39, 0.29) is 5.96 Å². The molecule has 0 fully saturated rings. The summed E-state index contributed by atoms with van der Waals surface area (Å²) in [7, 11) is 1.45. The largest absolute Gasteiger partial charge is 0.437 e. The molecule has 0 aliphatic carbocycles. The van der Waals surface area contributed by atoms with Crippen molar-refractivity contribution in [3.05, 3.63) is 54.4 Å². The van der Waals surface area contributed by atoms with Crippen LogP contribution in [0.3, 0.4) is 0 Å². The minimum atomic E-state index is -0.391. The van der Waals surface area contributed by atoms with Gasteiger partial charge in [-0.25, -0.2) is 4.98 Å². The number of nitrogens with zero attached hydrogens (tertiary/aromatic N) is 2. The van der Waals surface area contributed by atoms with Gasteiger partial charge in [0.05, 0.1) is 5.52 Å². The third kappa shape index (κ3) is 2.84. The Morgan fingerprint density at radius 3 is 2.83 bits per heavy atom. The van der Waals surface area contributed by atoms with Gasteiger partial charge in [-0.05, 0) is 18.2 Å². The molecule has 1 aromatic carbocycles. The molecule has 23 heavy (non-hydrogen) atoms. The van der Waals surface area contributed by atoms with Crippen LogP contribution in [0.1, 0.15) is 10.5 Å². The van der Waals surface area contributed by atoms with Gasteiger partial charge in [0, 0.05) is 24.7 Å². The number of benzene rings is 1. The number of aromatic amines is 1. The van der Waals surface area contributed by atoms with E-state index in [1.807, 2.05) is 18.2 Å². The summed E-state index contributed by atoms with van der Waals surface area (Å²) in [6.45, 7) is 0. The lowest BCUT2D eigenvalue weighted by Crippen LogP contribution is -2.38. The van der Waals surface area contributed by atoms with Gasteiger partial charge in [-0.2, -0.15) is 0 Å². The Labute approximate surface area is 132 Å². The number of para-hydroxylation sites is 1. The topological polar surface area (TPSA) is 108 Å². The zero-order chi connectivity index (χ0) is 16.4. The Balaban J connectivity index is 1.98. The van der Waals surface area contributed by atoms with Gasteiger partial charge in [0.1, 0.15) is 5.69 Å². The molecule has 0 aliphatic rings. The first-order chi connectivity index (χ1) is 11.1. The van der Waals surface area contributed by atoms with Crippen molar-refractivity contribution in [2.24, 2.45) is 5.73 Å². The van der Waals surface area contributed by atoms with Crippen LogP contribution < -0.4 is 10.5 Å². The van der Waals surface area contributed by atoms with E-state index in [9.17, 15) is 4.79 Å². The average molecular weight is 309 g/mol. The van der Waals surface area contributed by atoms with Gasteiger partial charge in [0.25, 0.3) is 5.91 Å². The first-order valence-corrected chi connectivity index (χ1v) is 6.89. The molecule has 0 saturated carbocycles. The van der Waals surface area contributed by atoms with Gasteiger partial charge in [0.2, 0.25) is 5.88 Å². The van der Waals surface area contributed by atoms with Crippen LogP contribution in [0.25, 0.3) is 10.9 Å². The van der Waals surface area contributed by atoms with Crippen molar-refractivity contribution in [2.45, 2.75) is 0 Å². The molecule has 7 heteroatoms. The molecule has 1 amide bonds. The van der Waals surface area contributed by atoms with Crippen molar-refractivity contribution in [1.29, 1.82) is 5.41 Å². The summed E-state index contributed by atoms with van der Waals surface area (Å²) in [5, 5.41) is 8.16. The summed E-state index contributed by atoms with van der Waals surface area (Å²) in [5.41, 5.74) is 6.35. The number of hydrogen-bond acceptors (Lipinski definition) is 4. The predicted octanol–water partition coefficient (Wildman–Crippen LogP) is 2.32. The van der Waals surface area contributed by atoms with E-state index in [1.165, 1.54) is 7.05 Å². The number of aromatic nitrogens is 2. The first kappa shape index (κ1) is 14.6. The SMILES string of the molecule is CN(C(=N)N)C(=O)c1cc2cccc(Oc3ccccn3)c2[nH]1. The van der Waals surface area contributed by atoms with Crippen LogP contribution in [-0.2, 0) is 0 Å². The second kappa shape index (κ2) is 5.80. The molecular weight excluding hydrogens is 294 g/mol. The number of guanidine groups is 1. The summed E-state index contributed by atoms with van der Waals surface area (Å²) in [6, 6.07) is 12.6. The number of rotatable bonds is 3. The molecule has 3 rings (SSSR count). The van der Waals surface area contributed by atoms with Crippen molar-refractivity contribution in [3.8, 4) is 11.6 Å². The number of carbonyl (C=O) groups is 1. The molecule has 3 aromatic rings. The molecule has 0 aliphatic heterocycles. The van der Waals surface area contributed by atoms with Crippen molar-refractivity contribution < 1.29 is 9.53 Å². The van der Waals surface area contributed by atoms with Crippen molar-refractivity contribution in [1.82, 2.24) is 14.9 Å². The molecule has 0 unspecified atom stereocenters. The fourth-order valence-electron chi connectivity index (χ4n) is 2.14. The van der Waals surface area contributed by atoms with Gasteiger partial charge in [0.15, 0.2) is 11.7 Å². The fraction of sp³-hybridized carbons (Fsp3) is 0.0625.